The monoisotopic (exact) mass is 326 g/mol. The Morgan fingerprint density at radius 3 is 1.68 bits per heavy atom. The summed E-state index contributed by atoms with van der Waals surface area (Å²) in [6.07, 6.45) is -9.24. The van der Waals surface area contributed by atoms with Crippen molar-refractivity contribution in [1.82, 2.24) is 0 Å². The van der Waals surface area contributed by atoms with E-state index < -0.39 is 40.4 Å². The summed E-state index contributed by atoms with van der Waals surface area (Å²) in [4.78, 5) is 11.3. The van der Waals surface area contributed by atoms with Crippen molar-refractivity contribution < 1.29 is 36.2 Å². The first kappa shape index (κ1) is 18.1. The number of benzene rings is 1. The van der Waals surface area contributed by atoms with Gasteiger partial charge in [0, 0.05) is 0 Å². The van der Waals surface area contributed by atoms with E-state index in [4.69, 9.17) is 0 Å². The molecule has 0 fully saturated rings. The van der Waals surface area contributed by atoms with Crippen LogP contribution in [0.5, 0.6) is 0 Å². The fourth-order valence-electron chi connectivity index (χ4n) is 1.89. The lowest BCUT2D eigenvalue weighted by Gasteiger charge is -2.26. The SMILES string of the molecule is C=CCC(C)(C(=O)O)c1cc(C(F)(F)F)cc(C(F)(F)F)c1. The van der Waals surface area contributed by atoms with Crippen LogP contribution in [0.15, 0.2) is 30.9 Å². The van der Waals surface area contributed by atoms with Gasteiger partial charge >= 0.3 is 18.3 Å². The van der Waals surface area contributed by atoms with Crippen molar-refractivity contribution in [3.63, 3.8) is 0 Å². The Morgan fingerprint density at radius 2 is 1.41 bits per heavy atom. The second-order valence-corrected chi connectivity index (χ2v) is 4.92. The third-order valence-electron chi connectivity index (χ3n) is 3.25. The Hall–Kier alpha value is -1.99. The molecular formula is C14H12F6O2. The van der Waals surface area contributed by atoms with E-state index in [0.29, 0.717) is 12.1 Å². The number of aliphatic carboxylic acids is 1. The first-order chi connectivity index (χ1) is 9.82. The Labute approximate surface area is 122 Å². The van der Waals surface area contributed by atoms with Crippen LogP contribution in [0.1, 0.15) is 30.0 Å². The molecule has 22 heavy (non-hydrogen) atoms. The zero-order valence-electron chi connectivity index (χ0n) is 11.3. The van der Waals surface area contributed by atoms with Crippen LogP contribution in [0.2, 0.25) is 0 Å². The van der Waals surface area contributed by atoms with Gasteiger partial charge < -0.3 is 5.11 Å². The predicted octanol–water partition coefficient (Wildman–Crippen LogP) is 4.64. The molecule has 0 aliphatic rings. The molecule has 0 spiro atoms. The molecule has 0 saturated carbocycles. The van der Waals surface area contributed by atoms with Gasteiger partial charge in [-0.1, -0.05) is 6.08 Å². The Morgan fingerprint density at radius 1 is 1.05 bits per heavy atom. The average Bonchev–Trinajstić information content (AvgIpc) is 2.36. The van der Waals surface area contributed by atoms with Crippen LogP contribution < -0.4 is 0 Å². The zero-order chi connectivity index (χ0) is 17.3. The highest BCUT2D eigenvalue weighted by Crippen LogP contribution is 2.40. The Bertz CT molecular complexity index is 556. The van der Waals surface area contributed by atoms with E-state index >= 15 is 0 Å². The van der Waals surface area contributed by atoms with E-state index in [0.717, 1.165) is 13.0 Å². The molecular weight excluding hydrogens is 314 g/mol. The van der Waals surface area contributed by atoms with Crippen LogP contribution in [0.25, 0.3) is 0 Å². The lowest BCUT2D eigenvalue weighted by Crippen LogP contribution is -2.32. The highest BCUT2D eigenvalue weighted by Gasteiger charge is 2.41. The van der Waals surface area contributed by atoms with Gasteiger partial charge in [-0.25, -0.2) is 0 Å². The predicted molar refractivity (Wildman–Crippen MR) is 66.2 cm³/mol. The van der Waals surface area contributed by atoms with Gasteiger partial charge in [-0.15, -0.1) is 6.58 Å². The minimum Gasteiger partial charge on any atom is -0.481 e. The number of carboxylic acids is 1. The van der Waals surface area contributed by atoms with Crippen LogP contribution >= 0.6 is 0 Å². The van der Waals surface area contributed by atoms with Gasteiger partial charge in [-0.3, -0.25) is 4.79 Å². The summed E-state index contributed by atoms with van der Waals surface area (Å²) in [5, 5.41) is 9.19. The highest BCUT2D eigenvalue weighted by atomic mass is 19.4. The molecule has 0 saturated heterocycles. The first-order valence-corrected chi connectivity index (χ1v) is 5.96. The van der Waals surface area contributed by atoms with E-state index in [1.807, 2.05) is 0 Å². The van der Waals surface area contributed by atoms with Gasteiger partial charge in [0.2, 0.25) is 0 Å². The van der Waals surface area contributed by atoms with Gasteiger partial charge in [0.1, 0.15) is 0 Å². The quantitative estimate of drug-likeness (QED) is 0.646. The number of hydrogen-bond acceptors (Lipinski definition) is 1. The van der Waals surface area contributed by atoms with Crippen LogP contribution in [-0.2, 0) is 22.6 Å². The molecule has 0 aromatic heterocycles. The molecule has 122 valence electrons. The summed E-state index contributed by atoms with van der Waals surface area (Å²) in [6, 6.07) is 0.805. The number of rotatable bonds is 4. The van der Waals surface area contributed by atoms with Gasteiger partial charge in [0.15, 0.2) is 0 Å². The van der Waals surface area contributed by atoms with Gasteiger partial charge in [-0.05, 0) is 37.1 Å². The number of carbonyl (C=O) groups is 1. The second kappa shape index (κ2) is 5.66. The van der Waals surface area contributed by atoms with Gasteiger partial charge in [0.05, 0.1) is 16.5 Å². The number of halogens is 6. The van der Waals surface area contributed by atoms with Crippen molar-refractivity contribution in [2.45, 2.75) is 31.1 Å². The maximum atomic E-state index is 12.8. The normalized spacial score (nSPS) is 15.2. The molecule has 0 radical (unpaired) electrons. The van der Waals surface area contributed by atoms with Crippen molar-refractivity contribution in [3.05, 3.63) is 47.5 Å². The molecule has 0 bridgehead atoms. The van der Waals surface area contributed by atoms with E-state index in [1.165, 1.54) is 0 Å². The van der Waals surface area contributed by atoms with Gasteiger partial charge in [-0.2, -0.15) is 26.3 Å². The van der Waals surface area contributed by atoms with Crippen LogP contribution in [0.4, 0.5) is 26.3 Å². The lowest BCUT2D eigenvalue weighted by atomic mass is 9.78. The van der Waals surface area contributed by atoms with Crippen molar-refractivity contribution >= 4 is 5.97 Å². The number of hydrogen-bond donors (Lipinski definition) is 1. The second-order valence-electron chi connectivity index (χ2n) is 4.92. The largest absolute Gasteiger partial charge is 0.481 e. The Balaban J connectivity index is 3.66. The molecule has 0 heterocycles. The molecule has 1 aromatic carbocycles. The molecule has 0 aliphatic heterocycles. The maximum Gasteiger partial charge on any atom is 0.416 e. The van der Waals surface area contributed by atoms with E-state index in [1.54, 1.807) is 0 Å². The standard InChI is InChI=1S/C14H12F6O2/c1-3-4-12(2,11(21)22)8-5-9(13(15,16)17)7-10(6-8)14(18,19)20/h3,5-7H,1,4H2,2H3,(H,21,22). The lowest BCUT2D eigenvalue weighted by molar-refractivity contribution is -0.146. The van der Waals surface area contributed by atoms with Crippen molar-refractivity contribution in [3.8, 4) is 0 Å². The van der Waals surface area contributed by atoms with Crippen molar-refractivity contribution in [1.29, 1.82) is 0 Å². The summed E-state index contributed by atoms with van der Waals surface area (Å²) in [7, 11) is 0. The summed E-state index contributed by atoms with van der Waals surface area (Å²) < 4.78 is 76.7. The highest BCUT2D eigenvalue weighted by molar-refractivity contribution is 5.81. The van der Waals surface area contributed by atoms with Gasteiger partial charge in [0.25, 0.3) is 0 Å². The summed E-state index contributed by atoms with van der Waals surface area (Å²) >= 11 is 0. The third kappa shape index (κ3) is 3.61. The fourth-order valence-corrected chi connectivity index (χ4v) is 1.89. The number of allylic oxidation sites excluding steroid dienone is 1. The molecule has 1 unspecified atom stereocenters. The third-order valence-corrected chi connectivity index (χ3v) is 3.25. The molecule has 0 amide bonds. The summed E-state index contributed by atoms with van der Waals surface area (Å²) in [5.74, 6) is -1.54. The smallest absolute Gasteiger partial charge is 0.416 e. The topological polar surface area (TPSA) is 37.3 Å². The average molecular weight is 326 g/mol. The molecule has 1 aromatic rings. The van der Waals surface area contributed by atoms with E-state index in [-0.39, 0.29) is 12.5 Å². The molecule has 0 aliphatic carbocycles. The van der Waals surface area contributed by atoms with E-state index in [2.05, 4.69) is 6.58 Å². The minimum atomic E-state index is -5.02. The summed E-state index contributed by atoms with van der Waals surface area (Å²) in [5.41, 5.74) is -5.62. The molecule has 2 nitrogen and oxygen atoms in total. The van der Waals surface area contributed by atoms with Crippen molar-refractivity contribution in [2.24, 2.45) is 0 Å². The molecule has 8 heteroatoms. The van der Waals surface area contributed by atoms with E-state index in [9.17, 15) is 36.2 Å². The molecule has 1 N–H and O–H groups in total. The maximum absolute atomic E-state index is 12.8. The molecule has 1 atom stereocenters. The summed E-state index contributed by atoms with van der Waals surface area (Å²) in [6.45, 7) is 4.34. The minimum absolute atomic E-state index is 0.0420. The fraction of sp³-hybridized carbons (Fsp3) is 0.357. The molecule has 1 rings (SSSR count). The first-order valence-electron chi connectivity index (χ1n) is 5.96. The zero-order valence-corrected chi connectivity index (χ0v) is 11.3. The van der Waals surface area contributed by atoms with Crippen molar-refractivity contribution in [2.75, 3.05) is 0 Å². The Kier molecular flexibility index (Phi) is 4.65. The van der Waals surface area contributed by atoms with Crippen LogP contribution in [-0.4, -0.2) is 11.1 Å². The number of alkyl halides is 6. The van der Waals surface area contributed by atoms with Crippen LogP contribution in [0, 0.1) is 0 Å². The number of carboxylic acid groups (broad SMARTS) is 1. The van der Waals surface area contributed by atoms with Crippen LogP contribution in [0.3, 0.4) is 0 Å².